The van der Waals surface area contributed by atoms with Crippen LogP contribution < -0.4 is 0 Å². The van der Waals surface area contributed by atoms with Crippen molar-refractivity contribution in [3.8, 4) is 0 Å². The Morgan fingerprint density at radius 2 is 2.05 bits per heavy atom. The third kappa shape index (κ3) is 4.05. The van der Waals surface area contributed by atoms with Crippen molar-refractivity contribution in [3.63, 3.8) is 0 Å². The number of likely N-dealkylation sites (N-methyl/N-ethyl adjacent to an activating group) is 1. The molecule has 1 saturated heterocycles. The minimum absolute atomic E-state index is 0.0674. The van der Waals surface area contributed by atoms with E-state index in [1.807, 2.05) is 13.8 Å². The average Bonchev–Trinajstić information content (AvgIpc) is 2.50. The number of amides is 1. The smallest absolute Gasteiger partial charge is 0.237 e. The summed E-state index contributed by atoms with van der Waals surface area (Å²) in [5.41, 5.74) is 0.931. The van der Waals surface area contributed by atoms with Crippen LogP contribution in [0.3, 0.4) is 0 Å². The highest BCUT2D eigenvalue weighted by atomic mass is 19.1. The zero-order valence-corrected chi connectivity index (χ0v) is 13.8. The maximum atomic E-state index is 13.0. The lowest BCUT2D eigenvalue weighted by atomic mass is 10.1. The van der Waals surface area contributed by atoms with Crippen LogP contribution in [0.15, 0.2) is 24.3 Å². The van der Waals surface area contributed by atoms with Crippen LogP contribution in [0.5, 0.6) is 0 Å². The molecule has 0 radical (unpaired) electrons. The number of carbonyl (C=O) groups excluding carboxylic acids is 1. The minimum atomic E-state index is -0.263. The van der Waals surface area contributed by atoms with Crippen LogP contribution in [0, 0.1) is 5.82 Å². The summed E-state index contributed by atoms with van der Waals surface area (Å²) in [6, 6.07) is 6.47. The largest absolute Gasteiger partial charge is 0.376 e. The van der Waals surface area contributed by atoms with Gasteiger partial charge in [0.15, 0.2) is 0 Å². The van der Waals surface area contributed by atoms with Gasteiger partial charge < -0.3 is 9.64 Å². The van der Waals surface area contributed by atoms with Gasteiger partial charge in [-0.3, -0.25) is 9.69 Å². The molecule has 22 heavy (non-hydrogen) atoms. The standard InChI is InChI=1S/C17H25FN2O2/c1-12-11-22-13(2)9-20(12)10-17(21)19(4)14(3)15-5-7-16(18)8-6-15/h5-8,12-14H,9-11H2,1-4H3. The summed E-state index contributed by atoms with van der Waals surface area (Å²) in [4.78, 5) is 16.4. The number of benzene rings is 1. The van der Waals surface area contributed by atoms with E-state index in [9.17, 15) is 9.18 Å². The molecule has 0 aromatic heterocycles. The number of nitrogens with zero attached hydrogens (tertiary/aromatic N) is 2. The lowest BCUT2D eigenvalue weighted by molar-refractivity contribution is -0.136. The zero-order valence-electron chi connectivity index (χ0n) is 13.8. The number of carbonyl (C=O) groups is 1. The molecule has 0 aliphatic carbocycles. The Balaban J connectivity index is 1.97. The molecule has 0 spiro atoms. The van der Waals surface area contributed by atoms with Gasteiger partial charge in [0.25, 0.3) is 0 Å². The Kier molecular flexibility index (Phi) is 5.53. The van der Waals surface area contributed by atoms with E-state index in [-0.39, 0.29) is 29.9 Å². The van der Waals surface area contributed by atoms with Crippen LogP contribution >= 0.6 is 0 Å². The fraction of sp³-hybridized carbons (Fsp3) is 0.588. The van der Waals surface area contributed by atoms with Gasteiger partial charge in [-0.2, -0.15) is 0 Å². The molecule has 3 atom stereocenters. The van der Waals surface area contributed by atoms with Gasteiger partial charge >= 0.3 is 0 Å². The molecule has 3 unspecified atom stereocenters. The molecule has 1 aliphatic rings. The van der Waals surface area contributed by atoms with Gasteiger partial charge in [-0.1, -0.05) is 12.1 Å². The van der Waals surface area contributed by atoms with Crippen LogP contribution in [-0.4, -0.2) is 54.6 Å². The van der Waals surface area contributed by atoms with Crippen LogP contribution in [-0.2, 0) is 9.53 Å². The van der Waals surface area contributed by atoms with Gasteiger partial charge in [0.1, 0.15) is 5.82 Å². The second-order valence-electron chi connectivity index (χ2n) is 6.15. The van der Waals surface area contributed by atoms with Crippen molar-refractivity contribution >= 4 is 5.91 Å². The highest BCUT2D eigenvalue weighted by molar-refractivity contribution is 5.78. The summed E-state index contributed by atoms with van der Waals surface area (Å²) in [7, 11) is 1.80. The number of hydrogen-bond acceptors (Lipinski definition) is 3. The number of hydrogen-bond donors (Lipinski definition) is 0. The van der Waals surface area contributed by atoms with Crippen molar-refractivity contribution < 1.29 is 13.9 Å². The Morgan fingerprint density at radius 1 is 1.41 bits per heavy atom. The van der Waals surface area contributed by atoms with Crippen molar-refractivity contribution in [2.75, 3.05) is 26.7 Å². The van der Waals surface area contributed by atoms with Gasteiger partial charge in [0.2, 0.25) is 5.91 Å². The van der Waals surface area contributed by atoms with Crippen LogP contribution in [0.4, 0.5) is 4.39 Å². The van der Waals surface area contributed by atoms with E-state index in [2.05, 4.69) is 11.8 Å². The maximum absolute atomic E-state index is 13.0. The molecule has 0 N–H and O–H groups in total. The predicted octanol–water partition coefficient (Wildman–Crippen LogP) is 2.45. The molecule has 122 valence electrons. The lowest BCUT2D eigenvalue weighted by Gasteiger charge is -2.37. The predicted molar refractivity (Wildman–Crippen MR) is 84.0 cm³/mol. The molecule has 1 aromatic carbocycles. The molecule has 0 saturated carbocycles. The Labute approximate surface area is 131 Å². The number of halogens is 1. The van der Waals surface area contributed by atoms with E-state index in [0.29, 0.717) is 13.2 Å². The van der Waals surface area contributed by atoms with E-state index in [1.165, 1.54) is 12.1 Å². The molecule has 1 fully saturated rings. The molecule has 4 nitrogen and oxygen atoms in total. The lowest BCUT2D eigenvalue weighted by Crippen LogP contribution is -2.51. The van der Waals surface area contributed by atoms with Gasteiger partial charge in [-0.15, -0.1) is 0 Å². The highest BCUT2D eigenvalue weighted by Gasteiger charge is 2.27. The number of rotatable bonds is 4. The first-order chi connectivity index (χ1) is 10.4. The van der Waals surface area contributed by atoms with Crippen LogP contribution in [0.2, 0.25) is 0 Å². The molecule has 1 heterocycles. The van der Waals surface area contributed by atoms with Crippen molar-refractivity contribution in [2.24, 2.45) is 0 Å². The molecular weight excluding hydrogens is 283 g/mol. The van der Waals surface area contributed by atoms with Gasteiger partial charge in [0, 0.05) is 19.6 Å². The third-order valence-corrected chi connectivity index (χ3v) is 4.40. The molecule has 1 aliphatic heterocycles. The summed E-state index contributed by atoms with van der Waals surface area (Å²) in [5.74, 6) is -0.196. The second kappa shape index (κ2) is 7.20. The molecule has 2 rings (SSSR count). The van der Waals surface area contributed by atoms with Gasteiger partial charge in [-0.25, -0.2) is 4.39 Å². The van der Waals surface area contributed by atoms with Crippen LogP contribution in [0.1, 0.15) is 32.4 Å². The van der Waals surface area contributed by atoms with Crippen molar-refractivity contribution in [2.45, 2.75) is 39.0 Å². The zero-order chi connectivity index (χ0) is 16.3. The fourth-order valence-corrected chi connectivity index (χ4v) is 2.66. The summed E-state index contributed by atoms with van der Waals surface area (Å²) in [6.45, 7) is 7.86. The first-order valence-corrected chi connectivity index (χ1v) is 7.75. The third-order valence-electron chi connectivity index (χ3n) is 4.40. The van der Waals surface area contributed by atoms with Crippen molar-refractivity contribution in [3.05, 3.63) is 35.6 Å². The molecule has 1 aromatic rings. The molecule has 0 bridgehead atoms. The van der Waals surface area contributed by atoms with E-state index < -0.39 is 0 Å². The van der Waals surface area contributed by atoms with Crippen molar-refractivity contribution in [1.29, 1.82) is 0 Å². The van der Waals surface area contributed by atoms with E-state index in [0.717, 1.165) is 12.1 Å². The van der Waals surface area contributed by atoms with Gasteiger partial charge in [-0.05, 0) is 38.5 Å². The molecular formula is C17H25FN2O2. The maximum Gasteiger partial charge on any atom is 0.237 e. The summed E-state index contributed by atoms with van der Waals surface area (Å²) in [5, 5.41) is 0. The van der Waals surface area contributed by atoms with Crippen molar-refractivity contribution in [1.82, 2.24) is 9.80 Å². The summed E-state index contributed by atoms with van der Waals surface area (Å²) >= 11 is 0. The second-order valence-corrected chi connectivity index (χ2v) is 6.15. The summed E-state index contributed by atoms with van der Waals surface area (Å²) < 4.78 is 18.6. The first-order valence-electron chi connectivity index (χ1n) is 7.75. The normalized spacial score (nSPS) is 24.0. The SMILES string of the molecule is CC1CN(CC(=O)N(C)C(C)c2ccc(F)cc2)C(C)CO1. The molecule has 1 amide bonds. The van der Waals surface area contributed by atoms with E-state index in [4.69, 9.17) is 4.74 Å². The minimum Gasteiger partial charge on any atom is -0.376 e. The Morgan fingerprint density at radius 3 is 2.68 bits per heavy atom. The van der Waals surface area contributed by atoms with E-state index >= 15 is 0 Å². The number of morpholine rings is 1. The highest BCUT2D eigenvalue weighted by Crippen LogP contribution is 2.20. The van der Waals surface area contributed by atoms with Gasteiger partial charge in [0.05, 0.1) is 25.3 Å². The average molecular weight is 308 g/mol. The first kappa shape index (κ1) is 16.9. The fourth-order valence-electron chi connectivity index (χ4n) is 2.66. The number of ether oxygens (including phenoxy) is 1. The van der Waals surface area contributed by atoms with Crippen LogP contribution in [0.25, 0.3) is 0 Å². The quantitative estimate of drug-likeness (QED) is 0.856. The monoisotopic (exact) mass is 308 g/mol. The topological polar surface area (TPSA) is 32.8 Å². The Bertz CT molecular complexity index is 506. The molecule has 5 heteroatoms. The Hall–Kier alpha value is -1.46. The van der Waals surface area contributed by atoms with E-state index in [1.54, 1.807) is 24.1 Å². The summed E-state index contributed by atoms with van der Waals surface area (Å²) in [6.07, 6.45) is 0.156.